The Morgan fingerprint density at radius 2 is 1.80 bits per heavy atom. The molecule has 3 aromatic rings. The summed E-state index contributed by atoms with van der Waals surface area (Å²) in [5, 5.41) is 0. The molecule has 1 aliphatic heterocycles. The Hall–Kier alpha value is -3.21. The number of aryl methyl sites for hydroxylation is 1. The Bertz CT molecular complexity index is 1310. The molecule has 0 spiro atoms. The topological polar surface area (TPSA) is 68.3 Å². The van der Waals surface area contributed by atoms with E-state index in [9.17, 15) is 30.4 Å². The predicted molar refractivity (Wildman–Crippen MR) is 120 cm³/mol. The first kappa shape index (κ1) is 24.9. The molecule has 1 aromatic heterocycles. The molecule has 186 valence electrons. The van der Waals surface area contributed by atoms with Crippen LogP contribution in [0.1, 0.15) is 41.0 Å². The van der Waals surface area contributed by atoms with Crippen LogP contribution in [-0.4, -0.2) is 25.5 Å². The molecule has 35 heavy (non-hydrogen) atoms. The van der Waals surface area contributed by atoms with Crippen molar-refractivity contribution in [1.29, 1.82) is 0 Å². The van der Waals surface area contributed by atoms with Crippen molar-refractivity contribution in [1.82, 2.24) is 4.98 Å². The Kier molecular flexibility index (Phi) is 6.98. The Balaban J connectivity index is 1.74. The minimum absolute atomic E-state index is 0.0215. The van der Waals surface area contributed by atoms with Gasteiger partial charge in [-0.05, 0) is 54.3 Å². The highest BCUT2D eigenvalue weighted by Gasteiger charge is 2.39. The molecule has 2 heterocycles. The number of pyridine rings is 1. The fraction of sp³-hybridized carbons (Fsp3) is 0.292. The smallest absolute Gasteiger partial charge is 0.416 e. The number of hydrogen-bond acceptors (Lipinski definition) is 4. The second-order valence-electron chi connectivity index (χ2n) is 8.07. The molecule has 0 aliphatic carbocycles. The normalized spacial score (nSPS) is 18.0. The molecular formula is C24H21F5N2O3S. The lowest BCUT2D eigenvalue weighted by Crippen LogP contribution is -2.37. The quantitative estimate of drug-likeness (QED) is 0.320. The van der Waals surface area contributed by atoms with Gasteiger partial charge in [-0.1, -0.05) is 30.3 Å². The Morgan fingerprint density at radius 3 is 2.51 bits per heavy atom. The first-order chi connectivity index (χ1) is 16.6. The predicted octanol–water partition coefficient (Wildman–Crippen LogP) is 5.82. The summed E-state index contributed by atoms with van der Waals surface area (Å²) >= 11 is 0. The molecule has 2 aromatic carbocycles. The van der Waals surface area contributed by atoms with Crippen LogP contribution >= 0.6 is 0 Å². The summed E-state index contributed by atoms with van der Waals surface area (Å²) < 4.78 is 101. The Labute approximate surface area is 199 Å². The zero-order valence-electron chi connectivity index (χ0n) is 18.2. The van der Waals surface area contributed by atoms with Crippen LogP contribution in [0.25, 0.3) is 0 Å². The number of para-hydroxylation sites is 1. The van der Waals surface area contributed by atoms with E-state index < -0.39 is 45.7 Å². The maximum atomic E-state index is 13.4. The summed E-state index contributed by atoms with van der Waals surface area (Å²) in [6.07, 6.45) is -4.63. The highest BCUT2D eigenvalue weighted by Crippen LogP contribution is 2.44. The van der Waals surface area contributed by atoms with Gasteiger partial charge in [0.1, 0.15) is 11.6 Å². The van der Waals surface area contributed by atoms with Crippen molar-refractivity contribution in [2.45, 2.75) is 36.8 Å². The molecule has 11 heteroatoms. The lowest BCUT2D eigenvalue weighted by Gasteiger charge is -2.33. The van der Waals surface area contributed by atoms with Gasteiger partial charge in [0.25, 0.3) is 10.0 Å². The van der Waals surface area contributed by atoms with Gasteiger partial charge < -0.3 is 4.74 Å². The largest absolute Gasteiger partial charge is 0.472 e. The lowest BCUT2D eigenvalue weighted by atomic mass is 9.82. The fourth-order valence-electron chi connectivity index (χ4n) is 4.14. The van der Waals surface area contributed by atoms with Crippen molar-refractivity contribution in [3.8, 4) is 5.75 Å². The van der Waals surface area contributed by atoms with Crippen molar-refractivity contribution < 1.29 is 35.1 Å². The molecule has 0 radical (unpaired) electrons. The zero-order valence-corrected chi connectivity index (χ0v) is 19.0. The van der Waals surface area contributed by atoms with Gasteiger partial charge >= 0.3 is 6.18 Å². The van der Waals surface area contributed by atoms with E-state index in [4.69, 9.17) is 4.74 Å². The minimum Gasteiger partial charge on any atom is -0.472 e. The van der Waals surface area contributed by atoms with E-state index >= 15 is 0 Å². The number of nitrogens with zero attached hydrogens (tertiary/aromatic N) is 1. The average molecular weight is 513 g/mol. The van der Waals surface area contributed by atoms with Gasteiger partial charge in [-0.15, -0.1) is 0 Å². The van der Waals surface area contributed by atoms with Gasteiger partial charge in [0.15, 0.2) is 0 Å². The van der Waals surface area contributed by atoms with E-state index in [1.54, 1.807) is 24.3 Å². The van der Waals surface area contributed by atoms with Gasteiger partial charge in [-0.3, -0.25) is 9.11 Å². The number of fused-ring (bicyclic) bond motifs is 1. The van der Waals surface area contributed by atoms with Gasteiger partial charge in [0.05, 0.1) is 12.2 Å². The molecule has 0 saturated heterocycles. The van der Waals surface area contributed by atoms with Crippen LogP contribution in [0.3, 0.4) is 0 Å². The summed E-state index contributed by atoms with van der Waals surface area (Å²) in [5.41, 5.74) is -0.951. The summed E-state index contributed by atoms with van der Waals surface area (Å²) in [7, 11) is -4.24. The van der Waals surface area contributed by atoms with Crippen LogP contribution in [-0.2, 0) is 22.6 Å². The number of nitrogens with one attached hydrogen (secondary N) is 1. The number of hydrogen-bond donors (Lipinski definition) is 1. The summed E-state index contributed by atoms with van der Waals surface area (Å²) in [6.45, 7) is -0.707. The SMILES string of the molecule is O=S(=O)(Nc1cccc(F)n1)C1CC(c2ccc(C(F)(F)F)cc2CCCF)c2ccccc2O1. The number of rotatable bonds is 7. The van der Waals surface area contributed by atoms with Crippen molar-refractivity contribution in [2.24, 2.45) is 0 Å². The van der Waals surface area contributed by atoms with Crippen LogP contribution in [0.5, 0.6) is 5.75 Å². The minimum atomic E-state index is -4.58. The monoisotopic (exact) mass is 512 g/mol. The van der Waals surface area contributed by atoms with Crippen molar-refractivity contribution in [3.63, 3.8) is 0 Å². The maximum absolute atomic E-state index is 13.4. The van der Waals surface area contributed by atoms with E-state index in [0.717, 1.165) is 18.2 Å². The van der Waals surface area contributed by atoms with Crippen molar-refractivity contribution >= 4 is 15.8 Å². The third kappa shape index (κ3) is 5.55. The van der Waals surface area contributed by atoms with Crippen LogP contribution in [0.2, 0.25) is 0 Å². The van der Waals surface area contributed by atoms with E-state index in [0.29, 0.717) is 11.1 Å². The number of aromatic nitrogens is 1. The van der Waals surface area contributed by atoms with Crippen molar-refractivity contribution in [3.05, 3.63) is 88.9 Å². The molecule has 0 fully saturated rings. The van der Waals surface area contributed by atoms with E-state index in [2.05, 4.69) is 9.71 Å². The molecule has 0 bridgehead atoms. The molecule has 5 nitrogen and oxygen atoms in total. The first-order valence-electron chi connectivity index (χ1n) is 10.7. The number of sulfonamides is 1. The van der Waals surface area contributed by atoms with Gasteiger partial charge in [0, 0.05) is 17.9 Å². The van der Waals surface area contributed by atoms with Crippen LogP contribution < -0.4 is 9.46 Å². The Morgan fingerprint density at radius 1 is 1.03 bits per heavy atom. The number of anilines is 1. The molecule has 1 N–H and O–H groups in total. The highest BCUT2D eigenvalue weighted by atomic mass is 32.2. The van der Waals surface area contributed by atoms with Crippen LogP contribution in [0.4, 0.5) is 27.8 Å². The summed E-state index contributed by atoms with van der Waals surface area (Å²) in [5.74, 6) is -1.50. The van der Waals surface area contributed by atoms with E-state index in [1.165, 1.54) is 18.2 Å². The molecule has 0 amide bonds. The molecule has 1 aliphatic rings. The summed E-state index contributed by atoms with van der Waals surface area (Å²) in [6, 6.07) is 13.5. The zero-order chi connectivity index (χ0) is 25.2. The molecule has 4 rings (SSSR count). The van der Waals surface area contributed by atoms with Gasteiger partial charge in [0.2, 0.25) is 11.4 Å². The third-order valence-electron chi connectivity index (χ3n) is 5.71. The van der Waals surface area contributed by atoms with Gasteiger partial charge in [-0.2, -0.15) is 17.6 Å². The second-order valence-corrected chi connectivity index (χ2v) is 9.89. The van der Waals surface area contributed by atoms with Crippen LogP contribution in [0, 0.1) is 5.95 Å². The first-order valence-corrected chi connectivity index (χ1v) is 12.3. The van der Waals surface area contributed by atoms with Crippen LogP contribution in [0.15, 0.2) is 60.7 Å². The molecular weight excluding hydrogens is 491 g/mol. The fourth-order valence-corrected chi connectivity index (χ4v) is 5.35. The van der Waals surface area contributed by atoms with E-state index in [1.807, 2.05) is 0 Å². The number of alkyl halides is 4. The molecule has 2 unspecified atom stereocenters. The number of benzene rings is 2. The standard InChI is InChI=1S/C24H21F5N2O3S/c25-12-4-5-15-13-16(24(27,28)29)10-11-17(15)19-14-23(34-20-7-2-1-6-18(19)20)35(32,33)31-22-9-3-8-21(26)30-22/h1-3,6-11,13,19,23H,4-5,12,14H2,(H,30,31). The second kappa shape index (κ2) is 9.80. The van der Waals surface area contributed by atoms with Gasteiger partial charge in [-0.25, -0.2) is 13.4 Å². The highest BCUT2D eigenvalue weighted by molar-refractivity contribution is 7.93. The summed E-state index contributed by atoms with van der Waals surface area (Å²) in [4.78, 5) is 3.50. The number of ether oxygens (including phenoxy) is 1. The third-order valence-corrected chi connectivity index (χ3v) is 7.19. The molecule has 0 saturated carbocycles. The molecule has 2 atom stereocenters. The van der Waals surface area contributed by atoms with E-state index in [-0.39, 0.29) is 36.4 Å². The van der Waals surface area contributed by atoms with Crippen molar-refractivity contribution in [2.75, 3.05) is 11.4 Å². The lowest BCUT2D eigenvalue weighted by molar-refractivity contribution is -0.137. The average Bonchev–Trinajstić information content (AvgIpc) is 2.81. The number of halogens is 5. The maximum Gasteiger partial charge on any atom is 0.416 e.